The average Bonchev–Trinajstić information content (AvgIpc) is 2.46. The highest BCUT2D eigenvalue weighted by Crippen LogP contribution is 2.32. The Morgan fingerprint density at radius 1 is 1.00 bits per heavy atom. The summed E-state index contributed by atoms with van der Waals surface area (Å²) in [5.41, 5.74) is 5.22. The highest BCUT2D eigenvalue weighted by atomic mass is 79.9. The zero-order chi connectivity index (χ0) is 13.2. The summed E-state index contributed by atoms with van der Waals surface area (Å²) in [5.74, 6) is 0. The largest absolute Gasteiger partial charge is 0.255 e. The SMILES string of the molecule is CC(Br)c1nc2cccnc2cc1-c1ccccc1. The van der Waals surface area contributed by atoms with Crippen LogP contribution in [0.25, 0.3) is 22.2 Å². The standard InChI is InChI=1S/C16H13BrN2/c1-11(17)16-13(12-6-3-2-4-7-12)10-15-14(19-16)8-5-9-18-15/h2-11H,1H3. The Labute approximate surface area is 120 Å². The normalized spacial score (nSPS) is 12.5. The third kappa shape index (κ3) is 2.38. The number of aromatic nitrogens is 2. The molecular weight excluding hydrogens is 300 g/mol. The molecule has 3 aromatic rings. The maximum absolute atomic E-state index is 4.74. The van der Waals surface area contributed by atoms with E-state index in [2.05, 4.69) is 46.0 Å². The molecule has 94 valence electrons. The first-order valence-electron chi connectivity index (χ1n) is 6.21. The number of fused-ring (bicyclic) bond motifs is 1. The second-order valence-electron chi connectivity index (χ2n) is 4.44. The van der Waals surface area contributed by atoms with Gasteiger partial charge in [0.2, 0.25) is 0 Å². The van der Waals surface area contributed by atoms with Gasteiger partial charge < -0.3 is 0 Å². The minimum atomic E-state index is 0.201. The van der Waals surface area contributed by atoms with Crippen molar-refractivity contribution in [2.45, 2.75) is 11.8 Å². The Balaban J connectivity index is 2.30. The number of benzene rings is 1. The fourth-order valence-corrected chi connectivity index (χ4v) is 2.52. The van der Waals surface area contributed by atoms with Crippen LogP contribution in [-0.2, 0) is 0 Å². The molecule has 1 unspecified atom stereocenters. The lowest BCUT2D eigenvalue weighted by atomic mass is 10.0. The summed E-state index contributed by atoms with van der Waals surface area (Å²) in [6, 6.07) is 16.3. The van der Waals surface area contributed by atoms with Crippen molar-refractivity contribution in [1.82, 2.24) is 9.97 Å². The summed E-state index contributed by atoms with van der Waals surface area (Å²) in [6.45, 7) is 2.09. The quantitative estimate of drug-likeness (QED) is 0.638. The molecule has 3 rings (SSSR count). The molecule has 3 heteroatoms. The van der Waals surface area contributed by atoms with Crippen LogP contribution in [0.2, 0.25) is 0 Å². The van der Waals surface area contributed by atoms with Crippen LogP contribution in [0.1, 0.15) is 17.4 Å². The van der Waals surface area contributed by atoms with Crippen molar-refractivity contribution >= 4 is 27.0 Å². The number of alkyl halides is 1. The molecule has 0 saturated heterocycles. The van der Waals surface area contributed by atoms with Gasteiger partial charge in [-0.05, 0) is 30.7 Å². The molecule has 1 atom stereocenters. The number of halogens is 1. The summed E-state index contributed by atoms with van der Waals surface area (Å²) >= 11 is 3.63. The Bertz CT molecular complexity index is 708. The number of hydrogen-bond donors (Lipinski definition) is 0. The van der Waals surface area contributed by atoms with Crippen molar-refractivity contribution < 1.29 is 0 Å². The molecule has 0 aliphatic heterocycles. The maximum atomic E-state index is 4.74. The fraction of sp³-hybridized carbons (Fsp3) is 0.125. The minimum absolute atomic E-state index is 0.201. The molecule has 2 aromatic heterocycles. The molecule has 0 bridgehead atoms. The summed E-state index contributed by atoms with van der Waals surface area (Å²) in [5, 5.41) is 0. The zero-order valence-electron chi connectivity index (χ0n) is 10.5. The predicted molar refractivity (Wildman–Crippen MR) is 82.3 cm³/mol. The van der Waals surface area contributed by atoms with E-state index < -0.39 is 0 Å². The molecular formula is C16H13BrN2. The van der Waals surface area contributed by atoms with Crippen LogP contribution in [0, 0.1) is 0 Å². The third-order valence-electron chi connectivity index (χ3n) is 3.08. The van der Waals surface area contributed by atoms with Gasteiger partial charge in [0.25, 0.3) is 0 Å². The number of rotatable bonds is 2. The predicted octanol–water partition coefficient (Wildman–Crippen LogP) is 4.75. The topological polar surface area (TPSA) is 25.8 Å². The van der Waals surface area contributed by atoms with Crippen molar-refractivity contribution in [2.24, 2.45) is 0 Å². The van der Waals surface area contributed by atoms with Gasteiger partial charge in [-0.1, -0.05) is 46.3 Å². The number of pyridine rings is 2. The summed E-state index contributed by atoms with van der Waals surface area (Å²) in [7, 11) is 0. The van der Waals surface area contributed by atoms with Crippen LogP contribution in [-0.4, -0.2) is 9.97 Å². The fourth-order valence-electron chi connectivity index (χ4n) is 2.17. The van der Waals surface area contributed by atoms with Crippen LogP contribution in [0.15, 0.2) is 54.7 Å². The van der Waals surface area contributed by atoms with Gasteiger partial charge in [0.15, 0.2) is 0 Å². The van der Waals surface area contributed by atoms with E-state index in [0.29, 0.717) is 0 Å². The molecule has 0 aliphatic rings. The van der Waals surface area contributed by atoms with Gasteiger partial charge in [-0.25, -0.2) is 4.98 Å². The van der Waals surface area contributed by atoms with Gasteiger partial charge in [-0.3, -0.25) is 4.98 Å². The average molecular weight is 313 g/mol. The van der Waals surface area contributed by atoms with E-state index in [9.17, 15) is 0 Å². The first kappa shape index (κ1) is 12.3. The molecule has 0 N–H and O–H groups in total. The molecule has 0 amide bonds. The van der Waals surface area contributed by atoms with Crippen LogP contribution in [0.3, 0.4) is 0 Å². The molecule has 0 saturated carbocycles. The van der Waals surface area contributed by atoms with Gasteiger partial charge in [-0.15, -0.1) is 0 Å². The Morgan fingerprint density at radius 3 is 2.53 bits per heavy atom. The van der Waals surface area contributed by atoms with Crippen molar-refractivity contribution in [1.29, 1.82) is 0 Å². The molecule has 19 heavy (non-hydrogen) atoms. The van der Waals surface area contributed by atoms with Gasteiger partial charge in [0.1, 0.15) is 0 Å². The molecule has 0 aliphatic carbocycles. The molecule has 1 aromatic carbocycles. The van der Waals surface area contributed by atoms with Gasteiger partial charge in [-0.2, -0.15) is 0 Å². The van der Waals surface area contributed by atoms with Crippen LogP contribution in [0.4, 0.5) is 0 Å². The number of nitrogens with zero attached hydrogens (tertiary/aromatic N) is 2. The van der Waals surface area contributed by atoms with E-state index in [1.807, 2.05) is 30.3 Å². The first-order valence-corrected chi connectivity index (χ1v) is 7.12. The van der Waals surface area contributed by atoms with E-state index in [1.165, 1.54) is 5.56 Å². The number of hydrogen-bond acceptors (Lipinski definition) is 2. The van der Waals surface area contributed by atoms with Crippen LogP contribution in [0.5, 0.6) is 0 Å². The summed E-state index contributed by atoms with van der Waals surface area (Å²) < 4.78 is 0. The monoisotopic (exact) mass is 312 g/mol. The lowest BCUT2D eigenvalue weighted by Crippen LogP contribution is -1.96. The van der Waals surface area contributed by atoms with Crippen molar-refractivity contribution in [3.05, 3.63) is 60.4 Å². The second-order valence-corrected chi connectivity index (χ2v) is 5.82. The van der Waals surface area contributed by atoms with Crippen molar-refractivity contribution in [3.63, 3.8) is 0 Å². The van der Waals surface area contributed by atoms with E-state index in [0.717, 1.165) is 22.3 Å². The first-order chi connectivity index (χ1) is 9.25. The van der Waals surface area contributed by atoms with E-state index in [1.54, 1.807) is 6.20 Å². The minimum Gasteiger partial charge on any atom is -0.255 e. The maximum Gasteiger partial charge on any atom is 0.0893 e. The van der Waals surface area contributed by atoms with Crippen LogP contribution < -0.4 is 0 Å². The molecule has 0 spiro atoms. The third-order valence-corrected chi connectivity index (χ3v) is 3.51. The van der Waals surface area contributed by atoms with E-state index in [-0.39, 0.29) is 4.83 Å². The van der Waals surface area contributed by atoms with E-state index >= 15 is 0 Å². The van der Waals surface area contributed by atoms with Crippen molar-refractivity contribution in [2.75, 3.05) is 0 Å². The Kier molecular flexibility index (Phi) is 3.30. The highest BCUT2D eigenvalue weighted by Gasteiger charge is 2.13. The van der Waals surface area contributed by atoms with Crippen LogP contribution >= 0.6 is 15.9 Å². The highest BCUT2D eigenvalue weighted by molar-refractivity contribution is 9.09. The Morgan fingerprint density at radius 2 is 1.79 bits per heavy atom. The lowest BCUT2D eigenvalue weighted by molar-refractivity contribution is 1.05. The van der Waals surface area contributed by atoms with E-state index in [4.69, 9.17) is 4.98 Å². The lowest BCUT2D eigenvalue weighted by Gasteiger charge is -2.12. The second kappa shape index (κ2) is 5.10. The molecule has 2 nitrogen and oxygen atoms in total. The summed E-state index contributed by atoms with van der Waals surface area (Å²) in [4.78, 5) is 9.33. The Hall–Kier alpha value is -1.74. The smallest absolute Gasteiger partial charge is 0.0893 e. The summed E-state index contributed by atoms with van der Waals surface area (Å²) in [6.07, 6.45) is 1.80. The molecule has 2 heterocycles. The van der Waals surface area contributed by atoms with Crippen molar-refractivity contribution in [3.8, 4) is 11.1 Å². The van der Waals surface area contributed by atoms with Gasteiger partial charge in [0.05, 0.1) is 21.6 Å². The zero-order valence-corrected chi connectivity index (χ0v) is 12.1. The van der Waals surface area contributed by atoms with Gasteiger partial charge in [0, 0.05) is 11.8 Å². The molecule has 0 fully saturated rings. The molecule has 0 radical (unpaired) electrons. The van der Waals surface area contributed by atoms with Gasteiger partial charge >= 0.3 is 0 Å².